The fraction of sp³-hybridized carbons (Fsp3) is 0.643. The lowest BCUT2D eigenvalue weighted by molar-refractivity contribution is -0.0176. The van der Waals surface area contributed by atoms with Crippen molar-refractivity contribution in [3.05, 3.63) is 17.7 Å². The number of carboxylic acids is 1. The molecule has 7 nitrogen and oxygen atoms in total. The molecule has 21 heavy (non-hydrogen) atoms. The fourth-order valence-corrected chi connectivity index (χ4v) is 2.22. The van der Waals surface area contributed by atoms with Crippen molar-refractivity contribution in [2.75, 3.05) is 18.5 Å². The van der Waals surface area contributed by atoms with Crippen LogP contribution in [0, 0.1) is 0 Å². The summed E-state index contributed by atoms with van der Waals surface area (Å²) in [4.78, 5) is 19.6. The van der Waals surface area contributed by atoms with Crippen LogP contribution >= 0.6 is 0 Å². The van der Waals surface area contributed by atoms with Gasteiger partial charge in [-0.3, -0.25) is 0 Å². The van der Waals surface area contributed by atoms with Gasteiger partial charge >= 0.3 is 5.97 Å². The Kier molecular flexibility index (Phi) is 4.43. The number of aliphatic hydroxyl groups is 1. The van der Waals surface area contributed by atoms with E-state index in [4.69, 9.17) is 4.74 Å². The molecule has 0 aliphatic carbocycles. The van der Waals surface area contributed by atoms with Gasteiger partial charge in [0.05, 0.1) is 18.0 Å². The Morgan fingerprint density at radius 2 is 2.33 bits per heavy atom. The minimum absolute atomic E-state index is 0.0459. The first kappa shape index (κ1) is 15.7. The Balaban J connectivity index is 2.18. The number of carbonyl (C=O) groups is 1. The molecule has 0 saturated carbocycles. The third kappa shape index (κ3) is 3.30. The number of nitrogens with one attached hydrogen (secondary N) is 1. The van der Waals surface area contributed by atoms with Gasteiger partial charge in [0.1, 0.15) is 11.4 Å². The van der Waals surface area contributed by atoms with E-state index < -0.39 is 11.6 Å². The average molecular weight is 295 g/mol. The van der Waals surface area contributed by atoms with E-state index in [2.05, 4.69) is 15.3 Å². The van der Waals surface area contributed by atoms with Crippen LogP contribution in [0.15, 0.2) is 6.20 Å². The number of anilines is 1. The number of nitrogens with zero attached hydrogens (tertiary/aromatic N) is 2. The van der Waals surface area contributed by atoms with E-state index in [0.717, 1.165) is 0 Å². The number of rotatable bonds is 5. The minimum atomic E-state index is -1.12. The Labute approximate surface area is 123 Å². The number of hydrogen-bond donors (Lipinski definition) is 3. The van der Waals surface area contributed by atoms with E-state index >= 15 is 0 Å². The van der Waals surface area contributed by atoms with Crippen LogP contribution in [0.2, 0.25) is 0 Å². The summed E-state index contributed by atoms with van der Waals surface area (Å²) in [5, 5.41) is 22.6. The van der Waals surface area contributed by atoms with Crippen LogP contribution in [-0.4, -0.2) is 51.0 Å². The van der Waals surface area contributed by atoms with Crippen LogP contribution in [-0.2, 0) is 4.74 Å². The lowest BCUT2D eigenvalue weighted by atomic mass is 9.96. The molecule has 116 valence electrons. The molecule has 2 rings (SSSR count). The van der Waals surface area contributed by atoms with Gasteiger partial charge in [-0.2, -0.15) is 0 Å². The molecule has 2 unspecified atom stereocenters. The second-order valence-electron chi connectivity index (χ2n) is 5.67. The first-order valence-corrected chi connectivity index (χ1v) is 7.01. The summed E-state index contributed by atoms with van der Waals surface area (Å²) in [7, 11) is 0. The second-order valence-corrected chi connectivity index (χ2v) is 5.67. The van der Waals surface area contributed by atoms with Crippen molar-refractivity contribution in [1.82, 2.24) is 9.97 Å². The highest BCUT2D eigenvalue weighted by molar-refractivity contribution is 5.91. The maximum atomic E-state index is 11.3. The van der Waals surface area contributed by atoms with E-state index in [1.807, 2.05) is 13.8 Å². The smallest absolute Gasteiger partial charge is 0.356 e. The summed E-state index contributed by atoms with van der Waals surface area (Å²) in [6.07, 6.45) is 1.67. The Bertz CT molecular complexity index is 535. The van der Waals surface area contributed by atoms with E-state index in [-0.39, 0.29) is 24.3 Å². The minimum Gasteiger partial charge on any atom is -0.476 e. The van der Waals surface area contributed by atoms with Crippen molar-refractivity contribution < 1.29 is 19.7 Å². The Morgan fingerprint density at radius 3 is 2.86 bits per heavy atom. The number of ether oxygens (including phenoxy) is 1. The molecule has 0 bridgehead atoms. The second kappa shape index (κ2) is 5.95. The van der Waals surface area contributed by atoms with Crippen molar-refractivity contribution in [2.45, 2.75) is 44.8 Å². The first-order valence-electron chi connectivity index (χ1n) is 7.01. The maximum Gasteiger partial charge on any atom is 0.356 e. The molecule has 0 spiro atoms. The van der Waals surface area contributed by atoms with E-state index in [9.17, 15) is 15.0 Å². The summed E-state index contributed by atoms with van der Waals surface area (Å²) in [5.74, 6) is -0.594. The van der Waals surface area contributed by atoms with Crippen molar-refractivity contribution in [1.29, 1.82) is 0 Å². The predicted molar refractivity (Wildman–Crippen MR) is 76.6 cm³/mol. The summed E-state index contributed by atoms with van der Waals surface area (Å²) in [6, 6.07) is 0. The van der Waals surface area contributed by atoms with Gasteiger partial charge in [-0.15, -0.1) is 0 Å². The highest BCUT2D eigenvalue weighted by Gasteiger charge is 2.39. The lowest BCUT2D eigenvalue weighted by Gasteiger charge is -2.26. The highest BCUT2D eigenvalue weighted by atomic mass is 16.5. The zero-order chi connectivity index (χ0) is 15.6. The lowest BCUT2D eigenvalue weighted by Crippen LogP contribution is -2.43. The molecule has 1 aromatic rings. The molecule has 1 aliphatic heterocycles. The van der Waals surface area contributed by atoms with Gasteiger partial charge in [0, 0.05) is 25.5 Å². The third-order valence-corrected chi connectivity index (χ3v) is 3.77. The fourth-order valence-electron chi connectivity index (χ4n) is 2.22. The monoisotopic (exact) mass is 295 g/mol. The standard InChI is InChI=1S/C14H21N3O4/c1-8(2)12-15-6-10(11(17-12)13(18)19)16-7-14(20)4-5-21-9(14)3/h6,8-9,16,20H,4-5,7H2,1-3H3,(H,18,19). The summed E-state index contributed by atoms with van der Waals surface area (Å²) < 4.78 is 5.35. The average Bonchev–Trinajstić information content (AvgIpc) is 2.76. The van der Waals surface area contributed by atoms with Crippen LogP contribution < -0.4 is 5.32 Å². The Morgan fingerprint density at radius 1 is 1.62 bits per heavy atom. The van der Waals surface area contributed by atoms with Crippen LogP contribution in [0.4, 0.5) is 5.69 Å². The molecule has 2 atom stereocenters. The summed E-state index contributed by atoms with van der Waals surface area (Å²) >= 11 is 0. The topological polar surface area (TPSA) is 105 Å². The van der Waals surface area contributed by atoms with Crippen molar-refractivity contribution >= 4 is 11.7 Å². The van der Waals surface area contributed by atoms with Gasteiger partial charge in [-0.1, -0.05) is 13.8 Å². The van der Waals surface area contributed by atoms with Crippen LogP contribution in [0.25, 0.3) is 0 Å². The molecular weight excluding hydrogens is 274 g/mol. The van der Waals surface area contributed by atoms with Crippen molar-refractivity contribution in [2.24, 2.45) is 0 Å². The molecule has 1 saturated heterocycles. The molecule has 0 radical (unpaired) electrons. The molecular formula is C14H21N3O4. The summed E-state index contributed by atoms with van der Waals surface area (Å²) in [6.45, 7) is 6.28. The van der Waals surface area contributed by atoms with E-state index in [1.165, 1.54) is 6.20 Å². The number of aromatic nitrogens is 2. The van der Waals surface area contributed by atoms with Gasteiger partial charge in [0.25, 0.3) is 0 Å². The largest absolute Gasteiger partial charge is 0.476 e. The number of carboxylic acid groups (broad SMARTS) is 1. The Hall–Kier alpha value is -1.73. The molecule has 3 N–H and O–H groups in total. The number of hydrogen-bond acceptors (Lipinski definition) is 6. The first-order chi connectivity index (χ1) is 9.83. The normalized spacial score (nSPS) is 25.3. The van der Waals surface area contributed by atoms with E-state index in [1.54, 1.807) is 6.92 Å². The van der Waals surface area contributed by atoms with Crippen LogP contribution in [0.1, 0.15) is 49.4 Å². The quantitative estimate of drug-likeness (QED) is 0.750. The number of aromatic carboxylic acids is 1. The zero-order valence-electron chi connectivity index (χ0n) is 12.5. The van der Waals surface area contributed by atoms with Gasteiger partial charge in [0.15, 0.2) is 5.69 Å². The molecule has 1 fully saturated rings. The molecule has 0 aromatic carbocycles. The van der Waals surface area contributed by atoms with E-state index in [0.29, 0.717) is 24.5 Å². The summed E-state index contributed by atoms with van der Waals surface area (Å²) in [5.41, 5.74) is -0.782. The third-order valence-electron chi connectivity index (χ3n) is 3.77. The van der Waals surface area contributed by atoms with Gasteiger partial charge in [-0.25, -0.2) is 14.8 Å². The zero-order valence-corrected chi connectivity index (χ0v) is 12.5. The van der Waals surface area contributed by atoms with Gasteiger partial charge in [-0.05, 0) is 6.92 Å². The van der Waals surface area contributed by atoms with Crippen LogP contribution in [0.5, 0.6) is 0 Å². The highest BCUT2D eigenvalue weighted by Crippen LogP contribution is 2.26. The molecule has 1 aliphatic rings. The maximum absolute atomic E-state index is 11.3. The SMILES string of the molecule is CC(C)c1ncc(NCC2(O)CCOC2C)c(C(=O)O)n1. The van der Waals surface area contributed by atoms with Gasteiger partial charge in [0.2, 0.25) is 0 Å². The van der Waals surface area contributed by atoms with Crippen LogP contribution in [0.3, 0.4) is 0 Å². The molecule has 7 heteroatoms. The predicted octanol–water partition coefficient (Wildman–Crippen LogP) is 1.25. The van der Waals surface area contributed by atoms with Gasteiger partial charge < -0.3 is 20.3 Å². The van der Waals surface area contributed by atoms with Crippen molar-refractivity contribution in [3.8, 4) is 0 Å². The molecule has 1 aromatic heterocycles. The molecule has 0 amide bonds. The van der Waals surface area contributed by atoms with Crippen molar-refractivity contribution in [3.63, 3.8) is 0 Å². The molecule has 2 heterocycles.